The number of hydrogen-bond acceptors (Lipinski definition) is 6. The molecule has 3 rings (SSSR count). The van der Waals surface area contributed by atoms with E-state index in [4.69, 9.17) is 0 Å². The summed E-state index contributed by atoms with van der Waals surface area (Å²) in [5.74, 6) is 0.167. The van der Waals surface area contributed by atoms with Crippen molar-refractivity contribution in [2.24, 2.45) is 5.92 Å². The molecule has 1 fully saturated rings. The minimum atomic E-state index is -3.78. The van der Waals surface area contributed by atoms with Gasteiger partial charge in [0.1, 0.15) is 5.69 Å². The number of anilines is 1. The lowest BCUT2D eigenvalue weighted by molar-refractivity contribution is -0.384. The van der Waals surface area contributed by atoms with E-state index in [1.807, 2.05) is 51.2 Å². The van der Waals surface area contributed by atoms with E-state index < -0.39 is 14.9 Å². The minimum absolute atomic E-state index is 0.0508. The highest BCUT2D eigenvalue weighted by Crippen LogP contribution is 2.34. The second kappa shape index (κ2) is 9.11. The lowest BCUT2D eigenvalue weighted by Crippen LogP contribution is -2.47. The highest BCUT2D eigenvalue weighted by Gasteiger charge is 2.30. The van der Waals surface area contributed by atoms with Gasteiger partial charge >= 0.3 is 0 Å². The van der Waals surface area contributed by atoms with Crippen molar-refractivity contribution >= 4 is 21.4 Å². The summed E-state index contributed by atoms with van der Waals surface area (Å²) in [4.78, 5) is 13.2. The van der Waals surface area contributed by atoms with Crippen LogP contribution in [0.5, 0.6) is 0 Å². The molecular weight excluding hydrogens is 404 g/mol. The first-order valence-corrected chi connectivity index (χ1v) is 11.4. The largest absolute Gasteiger partial charge is 0.372 e. The van der Waals surface area contributed by atoms with Crippen molar-refractivity contribution in [2.75, 3.05) is 38.5 Å². The van der Waals surface area contributed by atoms with E-state index in [2.05, 4.69) is 10.2 Å². The molecule has 0 aliphatic carbocycles. The number of rotatable bonds is 7. The van der Waals surface area contributed by atoms with E-state index in [-0.39, 0.29) is 22.5 Å². The van der Waals surface area contributed by atoms with Crippen LogP contribution in [0.3, 0.4) is 0 Å². The summed E-state index contributed by atoms with van der Waals surface area (Å²) in [6.07, 6.45) is 0. The van der Waals surface area contributed by atoms with E-state index in [1.54, 1.807) is 0 Å². The van der Waals surface area contributed by atoms with Crippen LogP contribution in [0.15, 0.2) is 53.4 Å². The standard InChI is InChI=1S/C21H28N4O4S/c1-16(2)21(17-7-5-4-6-8-17)22-19-10-9-18(15-20(19)25(26)27)30(28,29)24-13-11-23(3)12-14-24/h4-10,15-16,21-22H,11-14H2,1-3H3/t21-/m0/s1. The number of benzene rings is 2. The van der Waals surface area contributed by atoms with Gasteiger partial charge in [0.05, 0.1) is 15.9 Å². The van der Waals surface area contributed by atoms with Crippen LogP contribution in [-0.2, 0) is 10.0 Å². The van der Waals surface area contributed by atoms with E-state index in [9.17, 15) is 18.5 Å². The molecule has 1 aliphatic heterocycles. The Morgan fingerprint density at radius 3 is 2.23 bits per heavy atom. The van der Waals surface area contributed by atoms with Gasteiger partial charge in [-0.3, -0.25) is 10.1 Å². The number of nitro groups is 1. The number of nitro benzene ring substituents is 1. The minimum Gasteiger partial charge on any atom is -0.372 e. The van der Waals surface area contributed by atoms with Gasteiger partial charge in [0, 0.05) is 32.2 Å². The Morgan fingerprint density at radius 2 is 1.67 bits per heavy atom. The SMILES string of the molecule is CC(C)[C@H](Nc1ccc(S(=O)(=O)N2CCN(C)CC2)cc1[N+](=O)[O-])c1ccccc1. The summed E-state index contributed by atoms with van der Waals surface area (Å²) in [5.41, 5.74) is 1.07. The third-order valence-corrected chi connectivity index (χ3v) is 7.30. The maximum Gasteiger partial charge on any atom is 0.293 e. The zero-order valence-corrected chi connectivity index (χ0v) is 18.3. The second-order valence-corrected chi connectivity index (χ2v) is 9.86. The average Bonchev–Trinajstić information content (AvgIpc) is 2.72. The van der Waals surface area contributed by atoms with Crippen LogP contribution in [0.25, 0.3) is 0 Å². The van der Waals surface area contributed by atoms with Crippen LogP contribution in [0.4, 0.5) is 11.4 Å². The van der Waals surface area contributed by atoms with Crippen molar-refractivity contribution in [1.82, 2.24) is 9.21 Å². The molecule has 0 spiro atoms. The monoisotopic (exact) mass is 432 g/mol. The predicted octanol–water partition coefficient (Wildman–Crippen LogP) is 3.34. The van der Waals surface area contributed by atoms with Gasteiger partial charge in [0.2, 0.25) is 10.0 Å². The van der Waals surface area contributed by atoms with Crippen LogP contribution in [0.2, 0.25) is 0 Å². The molecule has 1 saturated heterocycles. The first kappa shape index (κ1) is 22.2. The topological polar surface area (TPSA) is 95.8 Å². The molecule has 0 unspecified atom stereocenters. The van der Waals surface area contributed by atoms with E-state index in [0.717, 1.165) is 5.56 Å². The number of hydrogen-bond donors (Lipinski definition) is 1. The molecule has 1 atom stereocenters. The van der Waals surface area contributed by atoms with Crippen molar-refractivity contribution in [2.45, 2.75) is 24.8 Å². The van der Waals surface area contributed by atoms with Gasteiger partial charge in [-0.2, -0.15) is 4.31 Å². The molecule has 8 nitrogen and oxygen atoms in total. The third-order valence-electron chi connectivity index (χ3n) is 5.40. The van der Waals surface area contributed by atoms with E-state index >= 15 is 0 Å². The van der Waals surface area contributed by atoms with Crippen molar-refractivity contribution in [3.63, 3.8) is 0 Å². The summed E-state index contributed by atoms with van der Waals surface area (Å²) in [7, 11) is -1.84. The summed E-state index contributed by atoms with van der Waals surface area (Å²) in [6.45, 7) is 6.07. The van der Waals surface area contributed by atoms with Gasteiger partial charge in [-0.15, -0.1) is 0 Å². The smallest absolute Gasteiger partial charge is 0.293 e. The van der Waals surface area contributed by atoms with Gasteiger partial charge in [-0.05, 0) is 30.7 Å². The van der Waals surface area contributed by atoms with Crippen molar-refractivity contribution < 1.29 is 13.3 Å². The molecule has 0 radical (unpaired) electrons. The van der Waals surface area contributed by atoms with Gasteiger partial charge in [0.25, 0.3) is 5.69 Å². The Hall–Kier alpha value is -2.49. The molecule has 0 bridgehead atoms. The first-order valence-electron chi connectivity index (χ1n) is 9.99. The molecule has 162 valence electrons. The van der Waals surface area contributed by atoms with Gasteiger partial charge in [0.15, 0.2) is 0 Å². The zero-order chi connectivity index (χ0) is 21.9. The zero-order valence-electron chi connectivity index (χ0n) is 17.5. The fraction of sp³-hybridized carbons (Fsp3) is 0.429. The number of likely N-dealkylation sites (N-methyl/N-ethyl adjacent to an activating group) is 1. The van der Waals surface area contributed by atoms with Crippen LogP contribution in [0.1, 0.15) is 25.5 Å². The molecule has 1 N–H and O–H groups in total. The molecule has 0 amide bonds. The molecule has 0 aromatic heterocycles. The van der Waals surface area contributed by atoms with Crippen LogP contribution in [0, 0.1) is 16.0 Å². The summed E-state index contributed by atoms with van der Waals surface area (Å²) < 4.78 is 27.4. The molecule has 9 heteroatoms. The molecule has 1 aliphatic rings. The molecule has 30 heavy (non-hydrogen) atoms. The van der Waals surface area contributed by atoms with E-state index in [0.29, 0.717) is 31.9 Å². The fourth-order valence-electron chi connectivity index (χ4n) is 3.59. The molecule has 0 saturated carbocycles. The van der Waals surface area contributed by atoms with Crippen LogP contribution < -0.4 is 5.32 Å². The molecule has 2 aromatic rings. The Morgan fingerprint density at radius 1 is 1.03 bits per heavy atom. The first-order chi connectivity index (χ1) is 14.2. The number of nitrogens with one attached hydrogen (secondary N) is 1. The van der Waals surface area contributed by atoms with Crippen molar-refractivity contribution in [1.29, 1.82) is 0 Å². The lowest BCUT2D eigenvalue weighted by atomic mass is 9.95. The Bertz CT molecular complexity index is 987. The number of piperazine rings is 1. The maximum atomic E-state index is 13.0. The second-order valence-electron chi connectivity index (χ2n) is 7.92. The fourth-order valence-corrected chi connectivity index (χ4v) is 5.03. The Kier molecular flexibility index (Phi) is 6.74. The predicted molar refractivity (Wildman–Crippen MR) is 117 cm³/mol. The number of sulfonamides is 1. The van der Waals surface area contributed by atoms with Gasteiger partial charge < -0.3 is 10.2 Å². The van der Waals surface area contributed by atoms with Crippen molar-refractivity contribution in [3.8, 4) is 0 Å². The van der Waals surface area contributed by atoms with Crippen molar-refractivity contribution in [3.05, 3.63) is 64.2 Å². The number of nitrogens with zero attached hydrogens (tertiary/aromatic N) is 3. The highest BCUT2D eigenvalue weighted by molar-refractivity contribution is 7.89. The van der Waals surface area contributed by atoms with Gasteiger partial charge in [-0.1, -0.05) is 44.2 Å². The Labute approximate surface area is 177 Å². The van der Waals surface area contributed by atoms with Crippen LogP contribution >= 0.6 is 0 Å². The summed E-state index contributed by atoms with van der Waals surface area (Å²) >= 11 is 0. The molecular formula is C21H28N4O4S. The van der Waals surface area contributed by atoms with Gasteiger partial charge in [-0.25, -0.2) is 8.42 Å². The normalized spacial score (nSPS) is 17.1. The quantitative estimate of drug-likeness (QED) is 0.533. The summed E-state index contributed by atoms with van der Waals surface area (Å²) in [5, 5.41) is 15.0. The average molecular weight is 433 g/mol. The highest BCUT2D eigenvalue weighted by atomic mass is 32.2. The molecule has 2 aromatic carbocycles. The summed E-state index contributed by atoms with van der Waals surface area (Å²) in [6, 6.07) is 13.7. The van der Waals surface area contributed by atoms with Crippen LogP contribution in [-0.4, -0.2) is 55.8 Å². The maximum absolute atomic E-state index is 13.0. The lowest BCUT2D eigenvalue weighted by Gasteiger charge is -2.31. The molecule has 1 heterocycles. The Balaban J connectivity index is 1.93. The van der Waals surface area contributed by atoms with E-state index in [1.165, 1.54) is 22.5 Å². The third kappa shape index (κ3) is 4.80.